The Labute approximate surface area is 226 Å². The topological polar surface area (TPSA) is 130 Å². The van der Waals surface area contributed by atoms with Crippen molar-refractivity contribution in [2.75, 3.05) is 12.8 Å². The van der Waals surface area contributed by atoms with E-state index in [0.29, 0.717) is 30.8 Å². The molecule has 0 aliphatic carbocycles. The molecule has 10 heteroatoms. The molecule has 9 nitrogen and oxygen atoms in total. The molecule has 202 valence electrons. The molecule has 5 rings (SSSR count). The fraction of sp³-hybridized carbons (Fsp3) is 0.276. The minimum absolute atomic E-state index is 0.0196. The zero-order chi connectivity index (χ0) is 27.7. The summed E-state index contributed by atoms with van der Waals surface area (Å²) in [7, 11) is -1.53. The standard InChI is InChI=1S/C29H29N3O6S/c1-3-39(36,37)21-8-6-20(7-9-21)38-27-15-19-14-25(23-10-4-18(17-30-23)5-13-29(34)35)31-24(19)16-22(27)26-11-12-28(33)32(26)2/h4,6-10,14-17,26,31H,3,5,11-13H2,1-2H3,(H,34,35). The number of H-pyrrole nitrogens is 1. The Kier molecular flexibility index (Phi) is 7.14. The Balaban J connectivity index is 1.50. The van der Waals surface area contributed by atoms with Crippen molar-refractivity contribution in [3.8, 4) is 22.9 Å². The third-order valence-corrected chi connectivity index (χ3v) is 8.87. The van der Waals surface area contributed by atoms with Crippen LogP contribution < -0.4 is 4.74 Å². The number of hydrogen-bond donors (Lipinski definition) is 2. The smallest absolute Gasteiger partial charge is 0.303 e. The summed E-state index contributed by atoms with van der Waals surface area (Å²) in [6.07, 6.45) is 3.27. The van der Waals surface area contributed by atoms with Crippen molar-refractivity contribution in [2.45, 2.75) is 43.5 Å². The number of benzene rings is 2. The number of aryl methyl sites for hydroxylation is 1. The second-order valence-electron chi connectivity index (χ2n) is 9.64. The first-order valence-corrected chi connectivity index (χ1v) is 14.4. The van der Waals surface area contributed by atoms with Gasteiger partial charge in [-0.15, -0.1) is 0 Å². The summed E-state index contributed by atoms with van der Waals surface area (Å²) in [6, 6.07) is 15.8. The largest absolute Gasteiger partial charge is 0.481 e. The van der Waals surface area contributed by atoms with Gasteiger partial charge >= 0.3 is 5.97 Å². The second-order valence-corrected chi connectivity index (χ2v) is 11.9. The summed E-state index contributed by atoms with van der Waals surface area (Å²) in [5, 5.41) is 9.80. The number of rotatable bonds is 9. The predicted molar refractivity (Wildman–Crippen MR) is 146 cm³/mol. The number of pyridine rings is 1. The molecule has 1 unspecified atom stereocenters. The molecule has 2 N–H and O–H groups in total. The van der Waals surface area contributed by atoms with Crippen molar-refractivity contribution >= 4 is 32.6 Å². The fourth-order valence-corrected chi connectivity index (χ4v) is 5.71. The molecule has 0 radical (unpaired) electrons. The van der Waals surface area contributed by atoms with E-state index in [-0.39, 0.29) is 29.0 Å². The van der Waals surface area contributed by atoms with Crippen LogP contribution in [0.2, 0.25) is 0 Å². The lowest BCUT2D eigenvalue weighted by atomic mass is 10.0. The highest BCUT2D eigenvalue weighted by Crippen LogP contribution is 2.41. The van der Waals surface area contributed by atoms with Crippen LogP contribution in [0.3, 0.4) is 0 Å². The lowest BCUT2D eigenvalue weighted by Crippen LogP contribution is -2.22. The van der Waals surface area contributed by atoms with E-state index >= 15 is 0 Å². The number of aliphatic carboxylic acids is 1. The van der Waals surface area contributed by atoms with Crippen LogP contribution in [-0.2, 0) is 25.8 Å². The van der Waals surface area contributed by atoms with Gasteiger partial charge in [0.15, 0.2) is 9.84 Å². The van der Waals surface area contributed by atoms with Crippen molar-refractivity contribution in [1.29, 1.82) is 0 Å². The molecule has 3 heterocycles. The van der Waals surface area contributed by atoms with Crippen molar-refractivity contribution in [3.05, 3.63) is 71.9 Å². The van der Waals surface area contributed by atoms with Crippen LogP contribution in [0, 0.1) is 0 Å². The molecule has 4 aromatic rings. The van der Waals surface area contributed by atoms with Gasteiger partial charge in [-0.2, -0.15) is 0 Å². The van der Waals surface area contributed by atoms with Crippen LogP contribution in [0.1, 0.15) is 43.4 Å². The van der Waals surface area contributed by atoms with Gasteiger partial charge in [0.25, 0.3) is 0 Å². The minimum atomic E-state index is -3.32. The Hall–Kier alpha value is -4.18. The lowest BCUT2D eigenvalue weighted by Gasteiger charge is -2.23. The molecule has 0 bridgehead atoms. The molecule has 39 heavy (non-hydrogen) atoms. The number of fused-ring (bicyclic) bond motifs is 1. The fourth-order valence-electron chi connectivity index (χ4n) is 4.82. The van der Waals surface area contributed by atoms with Gasteiger partial charge < -0.3 is 19.7 Å². The van der Waals surface area contributed by atoms with Crippen molar-refractivity contribution in [3.63, 3.8) is 0 Å². The summed E-state index contributed by atoms with van der Waals surface area (Å²) < 4.78 is 30.7. The normalized spacial score (nSPS) is 15.7. The molecule has 1 saturated heterocycles. The average molecular weight is 548 g/mol. The van der Waals surface area contributed by atoms with Crippen LogP contribution in [0.15, 0.2) is 65.7 Å². The summed E-state index contributed by atoms with van der Waals surface area (Å²) in [4.78, 5) is 33.1. The SMILES string of the molecule is CCS(=O)(=O)c1ccc(Oc2cc3cc(-c4ccc(CCC(=O)O)cn4)[nH]c3cc2C2CCC(=O)N2C)cc1. The zero-order valence-electron chi connectivity index (χ0n) is 21.7. The van der Waals surface area contributed by atoms with Gasteiger partial charge in [-0.3, -0.25) is 14.6 Å². The highest BCUT2D eigenvalue weighted by Gasteiger charge is 2.31. The molecule has 1 amide bonds. The summed E-state index contributed by atoms with van der Waals surface area (Å²) in [6.45, 7) is 1.61. The molecule has 0 spiro atoms. The number of carboxylic acids is 1. The maximum Gasteiger partial charge on any atom is 0.303 e. The summed E-state index contributed by atoms with van der Waals surface area (Å²) in [5.74, 6) is 0.320. The summed E-state index contributed by atoms with van der Waals surface area (Å²) in [5.41, 5.74) is 4.08. The summed E-state index contributed by atoms with van der Waals surface area (Å²) >= 11 is 0. The number of carboxylic acid groups (broad SMARTS) is 1. The molecule has 1 fully saturated rings. The van der Waals surface area contributed by atoms with Gasteiger partial charge in [-0.25, -0.2) is 8.42 Å². The van der Waals surface area contributed by atoms with E-state index in [4.69, 9.17) is 9.84 Å². The number of nitrogens with zero attached hydrogens (tertiary/aromatic N) is 2. The van der Waals surface area contributed by atoms with E-state index in [2.05, 4.69) is 9.97 Å². The van der Waals surface area contributed by atoms with E-state index < -0.39 is 15.8 Å². The van der Waals surface area contributed by atoms with Crippen LogP contribution in [0.5, 0.6) is 11.5 Å². The third kappa shape index (κ3) is 5.51. The van der Waals surface area contributed by atoms with Gasteiger partial charge in [0.2, 0.25) is 5.91 Å². The van der Waals surface area contributed by atoms with Crippen LogP contribution in [0.4, 0.5) is 0 Å². The number of nitrogens with one attached hydrogen (secondary N) is 1. The number of aromatic amines is 1. The van der Waals surface area contributed by atoms with Gasteiger partial charge in [0.05, 0.1) is 28.1 Å². The number of amides is 1. The molecular weight excluding hydrogens is 518 g/mol. The Morgan fingerprint density at radius 2 is 1.92 bits per heavy atom. The predicted octanol–water partition coefficient (Wildman–Crippen LogP) is 5.13. The first-order valence-electron chi connectivity index (χ1n) is 12.7. The minimum Gasteiger partial charge on any atom is -0.481 e. The van der Waals surface area contributed by atoms with Crippen molar-refractivity contribution < 1.29 is 27.9 Å². The van der Waals surface area contributed by atoms with Gasteiger partial charge in [0, 0.05) is 42.6 Å². The maximum atomic E-state index is 12.3. The molecule has 2 aromatic heterocycles. The van der Waals surface area contributed by atoms with Crippen molar-refractivity contribution in [1.82, 2.24) is 14.9 Å². The molecule has 1 atom stereocenters. The quantitative estimate of drug-likeness (QED) is 0.297. The molecule has 1 aliphatic rings. The van der Waals surface area contributed by atoms with E-state index in [0.717, 1.165) is 33.4 Å². The van der Waals surface area contributed by atoms with Crippen LogP contribution in [0.25, 0.3) is 22.3 Å². The van der Waals surface area contributed by atoms with Crippen LogP contribution >= 0.6 is 0 Å². The molecule has 1 aliphatic heterocycles. The number of hydrogen-bond acceptors (Lipinski definition) is 6. The molecular formula is C29H29N3O6S. The van der Waals surface area contributed by atoms with E-state index in [9.17, 15) is 18.0 Å². The van der Waals surface area contributed by atoms with E-state index in [1.807, 2.05) is 30.3 Å². The van der Waals surface area contributed by atoms with Gasteiger partial charge in [0.1, 0.15) is 11.5 Å². The number of aromatic nitrogens is 2. The Bertz CT molecular complexity index is 1640. The maximum absolute atomic E-state index is 12.3. The number of carbonyl (C=O) groups excluding carboxylic acids is 1. The van der Waals surface area contributed by atoms with Gasteiger partial charge in [-0.1, -0.05) is 13.0 Å². The van der Waals surface area contributed by atoms with Gasteiger partial charge in [-0.05, 0) is 66.9 Å². The second kappa shape index (κ2) is 10.5. The first-order chi connectivity index (χ1) is 18.6. The Morgan fingerprint density at radius 1 is 1.15 bits per heavy atom. The highest BCUT2D eigenvalue weighted by molar-refractivity contribution is 7.91. The number of sulfone groups is 1. The van der Waals surface area contributed by atoms with Crippen molar-refractivity contribution in [2.24, 2.45) is 0 Å². The average Bonchev–Trinajstić information content (AvgIpc) is 3.49. The van der Waals surface area contributed by atoms with E-state index in [1.165, 1.54) is 12.1 Å². The Morgan fingerprint density at radius 3 is 2.54 bits per heavy atom. The number of likely N-dealkylation sites (tertiary alicyclic amines) is 1. The molecule has 2 aromatic carbocycles. The first kappa shape index (κ1) is 26.4. The number of carbonyl (C=O) groups is 2. The highest BCUT2D eigenvalue weighted by atomic mass is 32.2. The zero-order valence-corrected chi connectivity index (χ0v) is 22.5. The molecule has 0 saturated carbocycles. The monoisotopic (exact) mass is 547 g/mol. The lowest BCUT2D eigenvalue weighted by molar-refractivity contribution is -0.137. The van der Waals surface area contributed by atoms with E-state index in [1.54, 1.807) is 37.2 Å². The van der Waals surface area contributed by atoms with Crippen LogP contribution in [-0.4, -0.2) is 53.1 Å². The number of ether oxygens (including phenoxy) is 1. The third-order valence-electron chi connectivity index (χ3n) is 7.12.